The molecule has 4 rings (SSSR count). The molecule has 0 fully saturated rings. The molecule has 0 bridgehead atoms. The van der Waals surface area contributed by atoms with Gasteiger partial charge in [0.1, 0.15) is 0 Å². The van der Waals surface area contributed by atoms with Crippen molar-refractivity contribution in [2.45, 2.75) is 31.3 Å². The van der Waals surface area contributed by atoms with Crippen LogP contribution in [0.3, 0.4) is 0 Å². The SMILES string of the molecule is CCN1CCc2nc(NC(=O)c3ccc(S(=O)(=O)N(C)Cc4ccccc4)cc3)sc2C1. The van der Waals surface area contributed by atoms with E-state index in [4.69, 9.17) is 0 Å². The number of amides is 1. The fourth-order valence-electron chi connectivity index (χ4n) is 3.62. The molecule has 2 heterocycles. The Labute approximate surface area is 192 Å². The van der Waals surface area contributed by atoms with Crippen molar-refractivity contribution in [3.63, 3.8) is 0 Å². The number of hydrogen-bond acceptors (Lipinski definition) is 6. The summed E-state index contributed by atoms with van der Waals surface area (Å²) in [7, 11) is -2.11. The van der Waals surface area contributed by atoms with Crippen LogP contribution >= 0.6 is 11.3 Å². The lowest BCUT2D eigenvalue weighted by Gasteiger charge is -2.23. The highest BCUT2D eigenvalue weighted by molar-refractivity contribution is 7.89. The zero-order valence-corrected chi connectivity index (χ0v) is 19.7. The molecular weight excluding hydrogens is 444 g/mol. The largest absolute Gasteiger partial charge is 0.298 e. The molecule has 0 saturated heterocycles. The summed E-state index contributed by atoms with van der Waals surface area (Å²) in [5.74, 6) is -0.301. The van der Waals surface area contributed by atoms with E-state index >= 15 is 0 Å². The van der Waals surface area contributed by atoms with Crippen molar-refractivity contribution in [2.75, 3.05) is 25.5 Å². The van der Waals surface area contributed by atoms with Crippen LogP contribution in [-0.2, 0) is 29.5 Å². The van der Waals surface area contributed by atoms with Crippen molar-refractivity contribution in [1.82, 2.24) is 14.2 Å². The molecule has 9 heteroatoms. The number of rotatable bonds is 7. The van der Waals surface area contributed by atoms with Gasteiger partial charge in [-0.15, -0.1) is 11.3 Å². The van der Waals surface area contributed by atoms with Crippen LogP contribution in [0.2, 0.25) is 0 Å². The molecule has 0 aliphatic carbocycles. The van der Waals surface area contributed by atoms with E-state index in [0.29, 0.717) is 10.7 Å². The summed E-state index contributed by atoms with van der Waals surface area (Å²) >= 11 is 1.50. The first-order valence-corrected chi connectivity index (χ1v) is 12.7. The van der Waals surface area contributed by atoms with Crippen LogP contribution in [0.15, 0.2) is 59.5 Å². The van der Waals surface area contributed by atoms with Gasteiger partial charge in [-0.1, -0.05) is 37.3 Å². The number of carbonyl (C=O) groups excluding carboxylic acids is 1. The highest BCUT2D eigenvalue weighted by Crippen LogP contribution is 2.28. The van der Waals surface area contributed by atoms with Gasteiger partial charge in [-0.05, 0) is 36.4 Å². The Kier molecular flexibility index (Phi) is 6.71. The third kappa shape index (κ3) is 4.91. The number of thiazole rings is 1. The van der Waals surface area contributed by atoms with Gasteiger partial charge in [0.2, 0.25) is 10.0 Å². The minimum Gasteiger partial charge on any atom is -0.298 e. The Hall–Kier alpha value is -2.59. The molecule has 3 aromatic rings. The van der Waals surface area contributed by atoms with Gasteiger partial charge < -0.3 is 0 Å². The first kappa shape index (κ1) is 22.6. The number of sulfonamides is 1. The molecule has 0 radical (unpaired) electrons. The summed E-state index contributed by atoms with van der Waals surface area (Å²) in [6.07, 6.45) is 0.887. The van der Waals surface area contributed by atoms with Gasteiger partial charge in [0.05, 0.1) is 10.6 Å². The highest BCUT2D eigenvalue weighted by Gasteiger charge is 2.23. The summed E-state index contributed by atoms with van der Waals surface area (Å²) in [5, 5.41) is 3.43. The van der Waals surface area contributed by atoms with Crippen molar-refractivity contribution < 1.29 is 13.2 Å². The van der Waals surface area contributed by atoms with E-state index in [2.05, 4.69) is 22.1 Å². The molecule has 1 N–H and O–H groups in total. The molecule has 1 aromatic heterocycles. The molecule has 1 aliphatic rings. The number of carbonyl (C=O) groups is 1. The number of fused-ring (bicyclic) bond motifs is 1. The molecule has 7 nitrogen and oxygen atoms in total. The molecule has 0 saturated carbocycles. The Balaban J connectivity index is 1.43. The predicted octanol–water partition coefficient (Wildman–Crippen LogP) is 3.59. The molecule has 0 unspecified atom stereocenters. The van der Waals surface area contributed by atoms with Crippen molar-refractivity contribution in [1.29, 1.82) is 0 Å². The summed E-state index contributed by atoms with van der Waals surface area (Å²) in [5.41, 5.74) is 2.35. The second-order valence-electron chi connectivity index (χ2n) is 7.73. The Morgan fingerprint density at radius 1 is 1.16 bits per heavy atom. The van der Waals surface area contributed by atoms with Crippen LogP contribution < -0.4 is 5.32 Å². The number of aromatic nitrogens is 1. The third-order valence-corrected chi connectivity index (χ3v) is 8.37. The van der Waals surface area contributed by atoms with Gasteiger partial charge in [0.25, 0.3) is 5.91 Å². The number of nitrogens with zero attached hydrogens (tertiary/aromatic N) is 3. The van der Waals surface area contributed by atoms with E-state index in [1.807, 2.05) is 30.3 Å². The quantitative estimate of drug-likeness (QED) is 0.571. The molecular formula is C23H26N4O3S2. The first-order valence-electron chi connectivity index (χ1n) is 10.5. The fourth-order valence-corrected chi connectivity index (χ4v) is 5.83. The lowest BCUT2D eigenvalue weighted by molar-refractivity contribution is 0.102. The Morgan fingerprint density at radius 2 is 1.88 bits per heavy atom. The predicted molar refractivity (Wildman–Crippen MR) is 126 cm³/mol. The summed E-state index contributed by atoms with van der Waals surface area (Å²) in [4.78, 5) is 20.9. The lowest BCUT2D eigenvalue weighted by atomic mass is 10.2. The van der Waals surface area contributed by atoms with E-state index in [1.165, 1.54) is 44.8 Å². The van der Waals surface area contributed by atoms with Crippen LogP contribution in [0, 0.1) is 0 Å². The lowest BCUT2D eigenvalue weighted by Crippen LogP contribution is -2.29. The normalized spacial score (nSPS) is 14.3. The Morgan fingerprint density at radius 3 is 2.56 bits per heavy atom. The maximum absolute atomic E-state index is 12.9. The van der Waals surface area contributed by atoms with Crippen LogP contribution in [0.1, 0.15) is 33.4 Å². The zero-order valence-electron chi connectivity index (χ0n) is 18.1. The van der Waals surface area contributed by atoms with Gasteiger partial charge in [0, 0.05) is 43.5 Å². The van der Waals surface area contributed by atoms with Crippen LogP contribution in [0.4, 0.5) is 5.13 Å². The molecule has 1 aliphatic heterocycles. The third-order valence-electron chi connectivity index (χ3n) is 5.55. The van der Waals surface area contributed by atoms with Gasteiger partial charge >= 0.3 is 0 Å². The monoisotopic (exact) mass is 470 g/mol. The van der Waals surface area contributed by atoms with Gasteiger partial charge in [0.15, 0.2) is 5.13 Å². The van der Waals surface area contributed by atoms with E-state index in [1.54, 1.807) is 7.05 Å². The molecule has 32 heavy (non-hydrogen) atoms. The van der Waals surface area contributed by atoms with E-state index in [9.17, 15) is 13.2 Å². The standard InChI is InChI=1S/C23H26N4O3S2/c1-3-27-14-13-20-21(16-27)31-23(24-20)25-22(28)18-9-11-19(12-10-18)32(29,30)26(2)15-17-7-5-4-6-8-17/h4-12H,3,13-16H2,1-2H3,(H,24,25,28). The number of nitrogens with one attached hydrogen (secondary N) is 1. The van der Waals surface area contributed by atoms with E-state index < -0.39 is 10.0 Å². The molecule has 0 spiro atoms. The molecule has 1 amide bonds. The fraction of sp³-hybridized carbons (Fsp3) is 0.304. The van der Waals surface area contributed by atoms with E-state index in [-0.39, 0.29) is 17.3 Å². The van der Waals surface area contributed by atoms with Crippen molar-refractivity contribution in [2.24, 2.45) is 0 Å². The first-order chi connectivity index (χ1) is 15.4. The van der Waals surface area contributed by atoms with Gasteiger partial charge in [-0.3, -0.25) is 15.0 Å². The highest BCUT2D eigenvalue weighted by atomic mass is 32.2. The van der Waals surface area contributed by atoms with Gasteiger partial charge in [-0.25, -0.2) is 13.4 Å². The zero-order chi connectivity index (χ0) is 22.7. The van der Waals surface area contributed by atoms with Crippen molar-refractivity contribution in [3.05, 3.63) is 76.3 Å². The second kappa shape index (κ2) is 9.50. The average Bonchev–Trinajstić information content (AvgIpc) is 3.21. The van der Waals surface area contributed by atoms with Crippen LogP contribution in [0.25, 0.3) is 0 Å². The van der Waals surface area contributed by atoms with E-state index in [0.717, 1.165) is 37.3 Å². The smallest absolute Gasteiger partial charge is 0.257 e. The second-order valence-corrected chi connectivity index (χ2v) is 10.9. The molecule has 0 atom stereocenters. The van der Waals surface area contributed by atoms with Crippen molar-refractivity contribution in [3.8, 4) is 0 Å². The average molecular weight is 471 g/mol. The van der Waals surface area contributed by atoms with Crippen LogP contribution in [0.5, 0.6) is 0 Å². The summed E-state index contributed by atoms with van der Waals surface area (Å²) < 4.78 is 27.1. The number of anilines is 1. The number of benzene rings is 2. The summed E-state index contributed by atoms with van der Waals surface area (Å²) in [6, 6.07) is 15.4. The Bertz CT molecular complexity index is 1190. The maximum Gasteiger partial charge on any atom is 0.257 e. The maximum atomic E-state index is 12.9. The number of likely N-dealkylation sites (N-methyl/N-ethyl adjacent to an activating group) is 1. The van der Waals surface area contributed by atoms with Gasteiger partial charge in [-0.2, -0.15) is 4.31 Å². The topological polar surface area (TPSA) is 82.6 Å². The minimum atomic E-state index is -3.66. The molecule has 168 valence electrons. The van der Waals surface area contributed by atoms with Crippen LogP contribution in [-0.4, -0.2) is 48.7 Å². The molecule has 2 aromatic carbocycles. The number of hydrogen-bond donors (Lipinski definition) is 1. The van der Waals surface area contributed by atoms with Crippen molar-refractivity contribution >= 4 is 32.4 Å². The minimum absolute atomic E-state index is 0.150. The summed E-state index contributed by atoms with van der Waals surface area (Å²) in [6.45, 7) is 5.25.